The highest BCUT2D eigenvalue weighted by atomic mass is 35.5. The van der Waals surface area contributed by atoms with Crippen molar-refractivity contribution in [1.82, 2.24) is 5.32 Å². The number of anilines is 1. The first-order valence-electron chi connectivity index (χ1n) is 7.90. The third kappa shape index (κ3) is 4.37. The molecule has 0 spiro atoms. The van der Waals surface area contributed by atoms with E-state index in [2.05, 4.69) is 24.5 Å². The summed E-state index contributed by atoms with van der Waals surface area (Å²) in [5.74, 6) is 1.19. The van der Waals surface area contributed by atoms with Crippen LogP contribution in [0.4, 0.5) is 5.69 Å². The first-order valence-corrected chi connectivity index (χ1v) is 8.66. The average molecular weight is 343 g/mol. The van der Waals surface area contributed by atoms with Crippen LogP contribution in [0.1, 0.15) is 40.0 Å². The van der Waals surface area contributed by atoms with E-state index in [1.165, 1.54) is 12.8 Å². The molecule has 122 valence electrons. The van der Waals surface area contributed by atoms with Gasteiger partial charge in [-0.15, -0.1) is 0 Å². The van der Waals surface area contributed by atoms with Crippen LogP contribution in [0.5, 0.6) is 0 Å². The molecular weight excluding hydrogens is 319 g/mol. The summed E-state index contributed by atoms with van der Waals surface area (Å²) in [6.07, 6.45) is 3.62. The van der Waals surface area contributed by atoms with Gasteiger partial charge < -0.3 is 10.6 Å². The first-order chi connectivity index (χ1) is 10.4. The van der Waals surface area contributed by atoms with Crippen molar-refractivity contribution in [1.29, 1.82) is 0 Å². The zero-order chi connectivity index (χ0) is 16.3. The van der Waals surface area contributed by atoms with E-state index in [9.17, 15) is 4.79 Å². The molecule has 1 aromatic carbocycles. The van der Waals surface area contributed by atoms with Crippen molar-refractivity contribution >= 4 is 34.8 Å². The third-order valence-electron chi connectivity index (χ3n) is 4.75. The highest BCUT2D eigenvalue weighted by Gasteiger charge is 2.29. The minimum atomic E-state index is -0.271. The van der Waals surface area contributed by atoms with Gasteiger partial charge in [-0.1, -0.05) is 49.9 Å². The molecule has 4 atom stereocenters. The number of amides is 1. The number of rotatable bonds is 4. The molecule has 0 unspecified atom stereocenters. The van der Waals surface area contributed by atoms with Gasteiger partial charge in [0.05, 0.1) is 16.8 Å². The summed E-state index contributed by atoms with van der Waals surface area (Å²) >= 11 is 12.0. The fraction of sp³-hybridized carbons (Fsp3) is 0.588. The van der Waals surface area contributed by atoms with Crippen LogP contribution in [0.3, 0.4) is 0 Å². The lowest BCUT2D eigenvalue weighted by atomic mass is 9.78. The lowest BCUT2D eigenvalue weighted by molar-refractivity contribution is -0.118. The van der Waals surface area contributed by atoms with E-state index >= 15 is 0 Å². The van der Waals surface area contributed by atoms with E-state index in [0.29, 0.717) is 33.6 Å². The largest absolute Gasteiger partial charge is 0.323 e. The molecular formula is C17H24Cl2N2O. The van der Waals surface area contributed by atoms with Gasteiger partial charge in [0, 0.05) is 11.1 Å². The van der Waals surface area contributed by atoms with E-state index in [4.69, 9.17) is 23.2 Å². The Morgan fingerprint density at radius 1 is 1.27 bits per heavy atom. The molecule has 2 rings (SSSR count). The van der Waals surface area contributed by atoms with Gasteiger partial charge in [0.1, 0.15) is 0 Å². The Morgan fingerprint density at radius 3 is 2.73 bits per heavy atom. The molecule has 0 aromatic heterocycles. The zero-order valence-electron chi connectivity index (χ0n) is 13.3. The summed E-state index contributed by atoms with van der Waals surface area (Å²) in [5.41, 5.74) is 0.554. The molecule has 2 N–H and O–H groups in total. The normalized spacial score (nSPS) is 26.5. The molecule has 0 saturated heterocycles. The van der Waals surface area contributed by atoms with Gasteiger partial charge in [-0.2, -0.15) is 0 Å². The van der Waals surface area contributed by atoms with Gasteiger partial charge in [-0.05, 0) is 43.4 Å². The maximum Gasteiger partial charge on any atom is 0.241 e. The SMILES string of the molecule is C[C@@H]1[C@H](C)CCC[C@H]1N[C@@H](C)C(=O)Nc1cc(Cl)ccc1Cl. The van der Waals surface area contributed by atoms with E-state index < -0.39 is 0 Å². The number of benzene rings is 1. The minimum Gasteiger partial charge on any atom is -0.323 e. The van der Waals surface area contributed by atoms with Crippen LogP contribution in [0.15, 0.2) is 18.2 Å². The molecule has 3 nitrogen and oxygen atoms in total. The van der Waals surface area contributed by atoms with Crippen LogP contribution in [0.25, 0.3) is 0 Å². The van der Waals surface area contributed by atoms with Crippen molar-refractivity contribution in [3.63, 3.8) is 0 Å². The van der Waals surface area contributed by atoms with Crippen molar-refractivity contribution in [3.05, 3.63) is 28.2 Å². The predicted molar refractivity (Wildman–Crippen MR) is 93.7 cm³/mol. The van der Waals surface area contributed by atoms with Crippen molar-refractivity contribution in [3.8, 4) is 0 Å². The molecule has 1 fully saturated rings. The summed E-state index contributed by atoms with van der Waals surface area (Å²) < 4.78 is 0. The fourth-order valence-corrected chi connectivity index (χ4v) is 3.39. The Bertz CT molecular complexity index is 535. The fourth-order valence-electron chi connectivity index (χ4n) is 3.05. The second-order valence-corrected chi connectivity index (χ2v) is 7.22. The van der Waals surface area contributed by atoms with Gasteiger partial charge in [-0.3, -0.25) is 4.79 Å². The highest BCUT2D eigenvalue weighted by Crippen LogP contribution is 2.30. The van der Waals surface area contributed by atoms with Crippen LogP contribution >= 0.6 is 23.2 Å². The van der Waals surface area contributed by atoms with Gasteiger partial charge in [0.25, 0.3) is 0 Å². The molecule has 1 saturated carbocycles. The Hall–Kier alpha value is -0.770. The van der Waals surface area contributed by atoms with E-state index in [1.54, 1.807) is 18.2 Å². The van der Waals surface area contributed by atoms with Crippen LogP contribution in [-0.2, 0) is 4.79 Å². The molecule has 5 heteroatoms. The average Bonchev–Trinajstić information content (AvgIpc) is 2.47. The highest BCUT2D eigenvalue weighted by molar-refractivity contribution is 6.35. The second kappa shape index (κ2) is 7.67. The summed E-state index contributed by atoms with van der Waals surface area (Å²) in [7, 11) is 0. The number of carbonyl (C=O) groups excluding carboxylic acids is 1. The molecule has 1 aromatic rings. The molecule has 0 heterocycles. The smallest absolute Gasteiger partial charge is 0.241 e. The summed E-state index contributed by atoms with van der Waals surface area (Å²) in [4.78, 5) is 12.4. The van der Waals surface area contributed by atoms with Gasteiger partial charge in [-0.25, -0.2) is 0 Å². The van der Waals surface area contributed by atoms with Crippen molar-refractivity contribution in [2.75, 3.05) is 5.32 Å². The minimum absolute atomic E-state index is 0.0883. The first kappa shape index (κ1) is 17.6. The summed E-state index contributed by atoms with van der Waals surface area (Å²) in [6, 6.07) is 5.17. The standard InChI is InChI=1S/C17H24Cl2N2O/c1-10-5-4-6-15(11(10)2)20-12(3)17(22)21-16-9-13(18)7-8-14(16)19/h7-12,15,20H,4-6H2,1-3H3,(H,21,22)/t10-,11-,12+,15-/m1/s1. The van der Waals surface area contributed by atoms with Crippen LogP contribution < -0.4 is 10.6 Å². The monoisotopic (exact) mass is 342 g/mol. The Balaban J connectivity index is 1.96. The van der Waals surface area contributed by atoms with E-state index in [1.807, 2.05) is 6.92 Å². The van der Waals surface area contributed by atoms with E-state index in [0.717, 1.165) is 6.42 Å². The molecule has 1 aliphatic carbocycles. The second-order valence-electron chi connectivity index (χ2n) is 6.38. The van der Waals surface area contributed by atoms with Crippen LogP contribution in [0, 0.1) is 11.8 Å². The maximum atomic E-state index is 12.4. The van der Waals surface area contributed by atoms with Crippen molar-refractivity contribution in [2.45, 2.75) is 52.1 Å². The quantitative estimate of drug-likeness (QED) is 0.829. The molecule has 0 radical (unpaired) electrons. The number of carbonyl (C=O) groups is 1. The molecule has 1 amide bonds. The van der Waals surface area contributed by atoms with Crippen LogP contribution in [-0.4, -0.2) is 18.0 Å². The summed E-state index contributed by atoms with van der Waals surface area (Å²) in [6.45, 7) is 6.44. The molecule has 1 aliphatic rings. The summed E-state index contributed by atoms with van der Waals surface area (Å²) in [5, 5.41) is 7.35. The molecule has 0 aliphatic heterocycles. The number of hydrogen-bond acceptors (Lipinski definition) is 2. The zero-order valence-corrected chi connectivity index (χ0v) is 14.8. The lowest BCUT2D eigenvalue weighted by Crippen LogP contribution is -2.49. The van der Waals surface area contributed by atoms with E-state index in [-0.39, 0.29) is 11.9 Å². The predicted octanol–water partition coefficient (Wildman–Crippen LogP) is 4.73. The van der Waals surface area contributed by atoms with Gasteiger partial charge in [0.15, 0.2) is 0 Å². The lowest BCUT2D eigenvalue weighted by Gasteiger charge is -2.36. The molecule has 22 heavy (non-hydrogen) atoms. The van der Waals surface area contributed by atoms with Crippen molar-refractivity contribution < 1.29 is 4.79 Å². The van der Waals surface area contributed by atoms with Crippen LogP contribution in [0.2, 0.25) is 10.0 Å². The van der Waals surface area contributed by atoms with Crippen molar-refractivity contribution in [2.24, 2.45) is 11.8 Å². The maximum absolute atomic E-state index is 12.4. The van der Waals surface area contributed by atoms with Gasteiger partial charge in [0.2, 0.25) is 5.91 Å². The molecule has 0 bridgehead atoms. The third-order valence-corrected chi connectivity index (χ3v) is 5.32. The number of hydrogen-bond donors (Lipinski definition) is 2. The Labute approximate surface area is 142 Å². The number of halogens is 2. The Morgan fingerprint density at radius 2 is 2.00 bits per heavy atom. The number of nitrogens with one attached hydrogen (secondary N) is 2. The van der Waals surface area contributed by atoms with Gasteiger partial charge >= 0.3 is 0 Å². The topological polar surface area (TPSA) is 41.1 Å². The Kier molecular flexibility index (Phi) is 6.13.